The van der Waals surface area contributed by atoms with E-state index in [0.717, 1.165) is 4.31 Å². The van der Waals surface area contributed by atoms with Gasteiger partial charge in [-0.3, -0.25) is 4.79 Å². The molecule has 0 spiro atoms. The first-order valence-corrected chi connectivity index (χ1v) is 7.34. The van der Waals surface area contributed by atoms with Crippen LogP contribution in [-0.2, 0) is 10.2 Å². The van der Waals surface area contributed by atoms with E-state index >= 15 is 0 Å². The summed E-state index contributed by atoms with van der Waals surface area (Å²) in [4.78, 5) is 11.8. The number of carbonyl (C=O) groups excluding carboxylic acids is 1. The van der Waals surface area contributed by atoms with Crippen molar-refractivity contribution >= 4 is 16.1 Å². The molecule has 1 amide bonds. The number of nitrogens with zero attached hydrogens (tertiary/aromatic N) is 1. The van der Waals surface area contributed by atoms with Gasteiger partial charge in [-0.05, 0) is 24.6 Å². The van der Waals surface area contributed by atoms with Gasteiger partial charge in [-0.25, -0.2) is 9.11 Å². The highest BCUT2D eigenvalue weighted by Gasteiger charge is 2.23. The van der Waals surface area contributed by atoms with E-state index in [1.807, 2.05) is 4.72 Å². The van der Waals surface area contributed by atoms with Gasteiger partial charge in [0.2, 0.25) is 0 Å². The van der Waals surface area contributed by atoms with E-state index in [1.54, 1.807) is 26.8 Å². The minimum atomic E-state index is -3.93. The molecule has 7 heteroatoms. The molecule has 0 aliphatic rings. The van der Waals surface area contributed by atoms with E-state index in [9.17, 15) is 17.6 Å². The minimum Gasteiger partial charge on any atom is -0.268 e. The molecule has 1 rings (SSSR count). The summed E-state index contributed by atoms with van der Waals surface area (Å²) >= 11 is 0. The lowest BCUT2D eigenvalue weighted by molar-refractivity contribution is 0.0975. The van der Waals surface area contributed by atoms with Gasteiger partial charge in [-0.2, -0.15) is 12.7 Å². The standard InChI is InChI=1S/C12H17FN2O3S/c1-4-15(5-2)19(17,18)14-12(16)10-7-6-9(3)8-11(10)13/h6-8H,4-5H2,1-3H3,(H,14,16). The van der Waals surface area contributed by atoms with Crippen molar-refractivity contribution in [2.75, 3.05) is 13.1 Å². The van der Waals surface area contributed by atoms with Gasteiger partial charge in [0.25, 0.3) is 5.91 Å². The summed E-state index contributed by atoms with van der Waals surface area (Å²) in [7, 11) is -3.93. The molecular formula is C12H17FN2O3S. The average Bonchev–Trinajstić information content (AvgIpc) is 2.28. The highest BCUT2D eigenvalue weighted by atomic mass is 32.2. The predicted octanol–water partition coefficient (Wildman–Crippen LogP) is 1.45. The third-order valence-electron chi connectivity index (χ3n) is 2.64. The highest BCUT2D eigenvalue weighted by Crippen LogP contribution is 2.10. The van der Waals surface area contributed by atoms with Crippen LogP contribution in [0.2, 0.25) is 0 Å². The van der Waals surface area contributed by atoms with Crippen LogP contribution in [-0.4, -0.2) is 31.7 Å². The van der Waals surface area contributed by atoms with E-state index in [1.165, 1.54) is 12.1 Å². The van der Waals surface area contributed by atoms with Crippen molar-refractivity contribution in [3.8, 4) is 0 Å². The summed E-state index contributed by atoms with van der Waals surface area (Å²) < 4.78 is 40.2. The van der Waals surface area contributed by atoms with Gasteiger partial charge < -0.3 is 0 Å². The Morgan fingerprint density at radius 1 is 1.32 bits per heavy atom. The zero-order valence-corrected chi connectivity index (χ0v) is 11.9. The Hall–Kier alpha value is -1.47. The molecule has 0 fully saturated rings. The Labute approximate surface area is 112 Å². The maximum Gasteiger partial charge on any atom is 0.304 e. The number of aryl methyl sites for hydroxylation is 1. The van der Waals surface area contributed by atoms with E-state index < -0.39 is 21.9 Å². The number of hydrogen-bond acceptors (Lipinski definition) is 3. The molecular weight excluding hydrogens is 271 g/mol. The zero-order valence-electron chi connectivity index (χ0n) is 11.1. The van der Waals surface area contributed by atoms with Crippen molar-refractivity contribution < 1.29 is 17.6 Å². The molecule has 5 nitrogen and oxygen atoms in total. The molecule has 106 valence electrons. The number of carbonyl (C=O) groups is 1. The third-order valence-corrected chi connectivity index (χ3v) is 4.28. The summed E-state index contributed by atoms with van der Waals surface area (Å²) in [6.45, 7) is 5.45. The molecule has 19 heavy (non-hydrogen) atoms. The van der Waals surface area contributed by atoms with E-state index in [2.05, 4.69) is 0 Å². The number of benzene rings is 1. The van der Waals surface area contributed by atoms with Crippen LogP contribution < -0.4 is 4.72 Å². The first-order chi connectivity index (χ1) is 8.81. The summed E-state index contributed by atoms with van der Waals surface area (Å²) in [5.41, 5.74) is 0.363. The van der Waals surface area contributed by atoms with Gasteiger partial charge in [0.1, 0.15) is 5.82 Å². The molecule has 0 saturated carbocycles. The SMILES string of the molecule is CCN(CC)S(=O)(=O)NC(=O)c1ccc(C)cc1F. The van der Waals surface area contributed by atoms with Crippen LogP contribution in [0.1, 0.15) is 29.8 Å². The summed E-state index contributed by atoms with van der Waals surface area (Å²) in [6.07, 6.45) is 0. The van der Waals surface area contributed by atoms with Crippen molar-refractivity contribution in [2.24, 2.45) is 0 Å². The number of rotatable bonds is 5. The fraction of sp³-hybridized carbons (Fsp3) is 0.417. The second-order valence-electron chi connectivity index (χ2n) is 4.00. The second-order valence-corrected chi connectivity index (χ2v) is 5.67. The summed E-state index contributed by atoms with van der Waals surface area (Å²) in [6, 6.07) is 3.98. The minimum absolute atomic E-state index is 0.232. The Morgan fingerprint density at radius 2 is 1.89 bits per heavy atom. The number of nitrogens with one attached hydrogen (secondary N) is 1. The van der Waals surface area contributed by atoms with Crippen LogP contribution >= 0.6 is 0 Å². The topological polar surface area (TPSA) is 66.5 Å². The van der Waals surface area contributed by atoms with Gasteiger partial charge in [-0.15, -0.1) is 0 Å². The Balaban J connectivity index is 2.97. The van der Waals surface area contributed by atoms with Gasteiger partial charge in [0, 0.05) is 13.1 Å². The van der Waals surface area contributed by atoms with Crippen molar-refractivity contribution in [3.63, 3.8) is 0 Å². The summed E-state index contributed by atoms with van der Waals surface area (Å²) in [5, 5.41) is 0. The maximum atomic E-state index is 13.6. The lowest BCUT2D eigenvalue weighted by Gasteiger charge is -2.18. The molecule has 0 aliphatic carbocycles. The highest BCUT2D eigenvalue weighted by molar-refractivity contribution is 7.87. The van der Waals surface area contributed by atoms with E-state index in [4.69, 9.17) is 0 Å². The van der Waals surface area contributed by atoms with Crippen LogP contribution in [0.15, 0.2) is 18.2 Å². The molecule has 0 bridgehead atoms. The fourth-order valence-electron chi connectivity index (χ4n) is 1.60. The Kier molecular flexibility index (Phi) is 5.02. The smallest absolute Gasteiger partial charge is 0.268 e. The van der Waals surface area contributed by atoms with Crippen LogP contribution in [0.25, 0.3) is 0 Å². The van der Waals surface area contributed by atoms with Crippen LogP contribution in [0, 0.1) is 12.7 Å². The number of hydrogen-bond donors (Lipinski definition) is 1. The predicted molar refractivity (Wildman–Crippen MR) is 70.4 cm³/mol. The Morgan fingerprint density at radius 3 is 2.37 bits per heavy atom. The van der Waals surface area contributed by atoms with Gasteiger partial charge in [0.05, 0.1) is 5.56 Å². The van der Waals surface area contributed by atoms with Crippen molar-refractivity contribution in [1.29, 1.82) is 0 Å². The normalized spacial score (nSPS) is 11.6. The molecule has 1 N–H and O–H groups in total. The van der Waals surface area contributed by atoms with Gasteiger partial charge >= 0.3 is 10.2 Å². The van der Waals surface area contributed by atoms with Crippen molar-refractivity contribution in [3.05, 3.63) is 35.1 Å². The van der Waals surface area contributed by atoms with Crippen LogP contribution in [0.4, 0.5) is 4.39 Å². The van der Waals surface area contributed by atoms with Gasteiger partial charge in [-0.1, -0.05) is 19.9 Å². The van der Waals surface area contributed by atoms with Crippen LogP contribution in [0.5, 0.6) is 0 Å². The first kappa shape index (κ1) is 15.6. The zero-order chi connectivity index (χ0) is 14.6. The number of halogens is 1. The monoisotopic (exact) mass is 288 g/mol. The molecule has 0 atom stereocenters. The number of amides is 1. The molecule has 0 aliphatic heterocycles. The molecule has 0 radical (unpaired) electrons. The fourth-order valence-corrected chi connectivity index (χ4v) is 2.76. The quantitative estimate of drug-likeness (QED) is 0.891. The molecule has 0 saturated heterocycles. The maximum absolute atomic E-state index is 13.6. The third kappa shape index (κ3) is 3.74. The molecule has 0 heterocycles. The lowest BCUT2D eigenvalue weighted by Crippen LogP contribution is -2.43. The van der Waals surface area contributed by atoms with Gasteiger partial charge in [0.15, 0.2) is 0 Å². The van der Waals surface area contributed by atoms with E-state index in [0.29, 0.717) is 5.56 Å². The average molecular weight is 288 g/mol. The molecule has 0 unspecified atom stereocenters. The Bertz CT molecular complexity index is 568. The molecule has 1 aromatic rings. The summed E-state index contributed by atoms with van der Waals surface area (Å²) in [5.74, 6) is -1.71. The molecule has 1 aromatic carbocycles. The largest absolute Gasteiger partial charge is 0.304 e. The van der Waals surface area contributed by atoms with Crippen LogP contribution in [0.3, 0.4) is 0 Å². The van der Waals surface area contributed by atoms with Crippen molar-refractivity contribution in [1.82, 2.24) is 9.03 Å². The first-order valence-electron chi connectivity index (χ1n) is 5.90. The lowest BCUT2D eigenvalue weighted by atomic mass is 10.1. The molecule has 0 aromatic heterocycles. The van der Waals surface area contributed by atoms with Crippen molar-refractivity contribution in [2.45, 2.75) is 20.8 Å². The van der Waals surface area contributed by atoms with E-state index in [-0.39, 0.29) is 18.7 Å². The second kappa shape index (κ2) is 6.12.